The third-order valence-corrected chi connectivity index (χ3v) is 0. The van der Waals surface area contributed by atoms with Crippen molar-refractivity contribution >= 4 is 0 Å². The quantitative estimate of drug-likeness (QED) is 0.256. The topological polar surface area (TPSA) is 0 Å². The summed E-state index contributed by atoms with van der Waals surface area (Å²) >= 11 is 0. The van der Waals surface area contributed by atoms with Crippen LogP contribution in [0.25, 0.3) is 0 Å². The predicted octanol–water partition coefficient (Wildman–Crippen LogP) is 7.38. The van der Waals surface area contributed by atoms with E-state index >= 15 is 0 Å². The first-order chi connectivity index (χ1) is 8.49. The molecule has 0 aromatic heterocycles. The van der Waals surface area contributed by atoms with Gasteiger partial charge in [0.2, 0.25) is 0 Å². The summed E-state index contributed by atoms with van der Waals surface area (Å²) in [6.45, 7) is 24.0. The minimum absolute atomic E-state index is 0. The smallest absolute Gasteiger partial charge is 0 e. The molecule has 0 aliphatic carbocycles. The van der Waals surface area contributed by atoms with Crippen LogP contribution < -0.4 is 0 Å². The van der Waals surface area contributed by atoms with Crippen LogP contribution in [0.3, 0.4) is 0 Å². The summed E-state index contributed by atoms with van der Waals surface area (Å²) in [7, 11) is 0. The predicted molar refractivity (Wildman–Crippen MR) is 93.9 cm³/mol. The van der Waals surface area contributed by atoms with Crippen LogP contribution in [-0.4, -0.2) is 0 Å². The van der Waals surface area contributed by atoms with Gasteiger partial charge < -0.3 is 38.5 Å². The minimum atomic E-state index is 0. The van der Waals surface area contributed by atoms with E-state index in [1.807, 2.05) is 122 Å². The Hall–Kier alpha value is 1.32. The van der Waals surface area contributed by atoms with Crippen molar-refractivity contribution in [3.8, 4) is 0 Å². The molecule has 0 rings (SSSR count). The van der Waals surface area contributed by atoms with E-state index < -0.39 is 0 Å². The molecule has 0 atom stereocenters. The van der Waals surface area contributed by atoms with Gasteiger partial charge in [0.25, 0.3) is 0 Å². The first kappa shape index (κ1) is 49.6. The van der Waals surface area contributed by atoms with E-state index in [2.05, 4.69) is 0 Å². The SMILES string of the molecule is C[CH-]C.C[CH-]C.C[CH-]C.C[CH-]C.C[CH-]C.C[CH-]C.[Pd].[Pd]. The van der Waals surface area contributed by atoms with Crippen molar-refractivity contribution in [1.29, 1.82) is 0 Å². The molecule has 0 radical (unpaired) electrons. The summed E-state index contributed by atoms with van der Waals surface area (Å²) in [4.78, 5) is 0. The Morgan fingerprint density at radius 2 is 0.250 bits per heavy atom. The molecule has 0 aliphatic heterocycles. The van der Waals surface area contributed by atoms with E-state index in [9.17, 15) is 0 Å². The van der Waals surface area contributed by atoms with Gasteiger partial charge in [0.05, 0.1) is 0 Å². The van der Waals surface area contributed by atoms with E-state index in [1.54, 1.807) is 0 Å². The molecule has 0 aromatic rings. The van der Waals surface area contributed by atoms with Gasteiger partial charge in [-0.1, -0.05) is 0 Å². The maximum atomic E-state index is 2.00. The van der Waals surface area contributed by atoms with Crippen LogP contribution in [-0.2, 0) is 40.8 Å². The molecule has 2 heteroatoms. The van der Waals surface area contributed by atoms with Crippen LogP contribution in [0.15, 0.2) is 0 Å². The molecule has 0 saturated heterocycles. The molecule has 140 valence electrons. The average molecular weight is 471 g/mol. The molecular formula is C18H42Pd2-6. The van der Waals surface area contributed by atoms with Crippen LogP contribution in [0.2, 0.25) is 0 Å². The number of hydrogen-bond acceptors (Lipinski definition) is 0. The molecule has 0 N–H and O–H groups in total. The van der Waals surface area contributed by atoms with E-state index in [4.69, 9.17) is 0 Å². The summed E-state index contributed by atoms with van der Waals surface area (Å²) in [5, 5.41) is 0. The van der Waals surface area contributed by atoms with Crippen LogP contribution in [0.4, 0.5) is 0 Å². The van der Waals surface area contributed by atoms with Crippen molar-refractivity contribution in [2.24, 2.45) is 0 Å². The third kappa shape index (κ3) is 3700. The maximum absolute atomic E-state index is 2.00. The zero-order chi connectivity index (χ0) is 16.2. The van der Waals surface area contributed by atoms with Gasteiger partial charge in [-0.3, -0.25) is 0 Å². The van der Waals surface area contributed by atoms with Crippen molar-refractivity contribution in [3.05, 3.63) is 38.5 Å². The Morgan fingerprint density at radius 3 is 0.250 bits per heavy atom. The minimum Gasteiger partial charge on any atom is -0.335 e. The van der Waals surface area contributed by atoms with Crippen LogP contribution >= 0.6 is 0 Å². The molecule has 0 bridgehead atoms. The van der Waals surface area contributed by atoms with Gasteiger partial charge in [-0.2, -0.15) is 83.1 Å². The van der Waals surface area contributed by atoms with E-state index in [0.29, 0.717) is 0 Å². The average Bonchev–Trinajstić information content (AvgIpc) is 2.23. The Morgan fingerprint density at radius 1 is 0.250 bits per heavy atom. The van der Waals surface area contributed by atoms with Crippen molar-refractivity contribution < 1.29 is 40.8 Å². The third-order valence-electron chi connectivity index (χ3n) is 0. The van der Waals surface area contributed by atoms with Gasteiger partial charge in [0.1, 0.15) is 0 Å². The van der Waals surface area contributed by atoms with Crippen molar-refractivity contribution in [3.63, 3.8) is 0 Å². The molecule has 20 heavy (non-hydrogen) atoms. The second-order valence-corrected chi connectivity index (χ2v) is 3.46. The van der Waals surface area contributed by atoms with Crippen LogP contribution in [0.5, 0.6) is 0 Å². The van der Waals surface area contributed by atoms with Crippen molar-refractivity contribution in [1.82, 2.24) is 0 Å². The largest absolute Gasteiger partial charge is 0.335 e. The zero-order valence-corrected chi connectivity index (χ0v) is 19.2. The molecule has 0 aliphatic rings. The van der Waals surface area contributed by atoms with E-state index in [1.165, 1.54) is 0 Å². The Labute approximate surface area is 162 Å². The second kappa shape index (κ2) is 141. The van der Waals surface area contributed by atoms with Gasteiger partial charge >= 0.3 is 0 Å². The van der Waals surface area contributed by atoms with Crippen molar-refractivity contribution in [2.75, 3.05) is 0 Å². The molecule has 0 unspecified atom stereocenters. The fourth-order valence-electron chi connectivity index (χ4n) is 0. The molecule has 0 saturated carbocycles. The Kier molecular flexibility index (Phi) is 351. The molecule has 0 amide bonds. The molecule has 0 fully saturated rings. The summed E-state index contributed by atoms with van der Waals surface area (Å²) < 4.78 is 0. The molecule has 0 heterocycles. The van der Waals surface area contributed by atoms with Crippen LogP contribution in [0.1, 0.15) is 83.1 Å². The Balaban J connectivity index is -0.0000000141. The van der Waals surface area contributed by atoms with Crippen LogP contribution in [0, 0.1) is 38.5 Å². The fourth-order valence-corrected chi connectivity index (χ4v) is 0. The van der Waals surface area contributed by atoms with E-state index in [-0.39, 0.29) is 40.8 Å². The summed E-state index contributed by atoms with van der Waals surface area (Å²) in [6, 6.07) is 0. The summed E-state index contributed by atoms with van der Waals surface area (Å²) in [6.07, 6.45) is 12.0. The molecule has 0 nitrogen and oxygen atoms in total. The van der Waals surface area contributed by atoms with Gasteiger partial charge in [0.15, 0.2) is 0 Å². The first-order valence-electron chi connectivity index (χ1n) is 6.93. The molecule has 0 spiro atoms. The maximum Gasteiger partial charge on any atom is 0 e. The monoisotopic (exact) mass is 470 g/mol. The number of rotatable bonds is 0. The molecule has 0 aromatic carbocycles. The zero-order valence-electron chi connectivity index (χ0n) is 16.1. The second-order valence-electron chi connectivity index (χ2n) is 3.46. The molecular weight excluding hydrogens is 429 g/mol. The normalized spacial score (nSPS) is 5.40. The standard InChI is InChI=1S/6C3H7.2Pd/c6*1-3-2;;/h6*3H,1-2H3;;/q6*-1;;. The first-order valence-corrected chi connectivity index (χ1v) is 6.93. The fraction of sp³-hybridized carbons (Fsp3) is 0.667. The van der Waals surface area contributed by atoms with E-state index in [0.717, 1.165) is 0 Å². The number of hydrogen-bond donors (Lipinski definition) is 0. The Bertz CT molecular complexity index is 24.9. The van der Waals surface area contributed by atoms with Gasteiger partial charge in [-0.15, -0.1) is 0 Å². The van der Waals surface area contributed by atoms with Gasteiger partial charge in [-0.05, 0) is 0 Å². The van der Waals surface area contributed by atoms with Gasteiger partial charge in [-0.25, -0.2) is 0 Å². The van der Waals surface area contributed by atoms with Gasteiger partial charge in [0, 0.05) is 40.8 Å². The summed E-state index contributed by atoms with van der Waals surface area (Å²) in [5.41, 5.74) is 0. The summed E-state index contributed by atoms with van der Waals surface area (Å²) in [5.74, 6) is 0. The van der Waals surface area contributed by atoms with Crippen molar-refractivity contribution in [2.45, 2.75) is 83.1 Å².